The number of nitrogens with two attached hydrogens (primary N) is 2. The van der Waals surface area contributed by atoms with Crippen molar-refractivity contribution in [3.05, 3.63) is 41.7 Å². The number of nitrogens with zero attached hydrogens (tertiary/aromatic N) is 3. The van der Waals surface area contributed by atoms with Gasteiger partial charge in [0, 0.05) is 11.6 Å². The van der Waals surface area contributed by atoms with Gasteiger partial charge in [0.15, 0.2) is 12.4 Å². The number of rotatable bonds is 5. The summed E-state index contributed by atoms with van der Waals surface area (Å²) < 4.78 is 10.2. The standard InChI is InChI=1S/C14H15N5O3/c1-21-10-5-3-2-4-9(10)6-7-12(20)22-8-11-17-13(15)19-14(16)18-11/h2-7H,8H2,1H3,(H4,15,16,17,18,19)/b7-6+. The number of methoxy groups -OCH3 is 1. The Morgan fingerprint density at radius 2 is 1.86 bits per heavy atom. The fourth-order valence-corrected chi connectivity index (χ4v) is 1.67. The number of nitrogen functional groups attached to an aromatic ring is 2. The number of carbonyl (C=O) groups excluding carboxylic acids is 1. The molecular formula is C14H15N5O3. The van der Waals surface area contributed by atoms with Gasteiger partial charge in [0.1, 0.15) is 5.75 Å². The third-order valence-electron chi connectivity index (χ3n) is 2.60. The van der Waals surface area contributed by atoms with Crippen molar-refractivity contribution in [3.8, 4) is 5.75 Å². The summed E-state index contributed by atoms with van der Waals surface area (Å²) in [6.45, 7) is -0.147. The molecule has 0 spiro atoms. The minimum absolute atomic E-state index is 0.0249. The lowest BCUT2D eigenvalue weighted by Crippen LogP contribution is -2.09. The first-order valence-corrected chi connectivity index (χ1v) is 6.32. The van der Waals surface area contributed by atoms with Crippen LogP contribution >= 0.6 is 0 Å². The van der Waals surface area contributed by atoms with Crippen LogP contribution in [0, 0.1) is 0 Å². The van der Waals surface area contributed by atoms with Crippen molar-refractivity contribution in [2.24, 2.45) is 0 Å². The first kappa shape index (κ1) is 15.2. The summed E-state index contributed by atoms with van der Waals surface area (Å²) in [4.78, 5) is 22.9. The van der Waals surface area contributed by atoms with Gasteiger partial charge in [-0.15, -0.1) is 0 Å². The lowest BCUT2D eigenvalue weighted by Gasteiger charge is -2.04. The van der Waals surface area contributed by atoms with Gasteiger partial charge in [0.25, 0.3) is 0 Å². The van der Waals surface area contributed by atoms with Crippen molar-refractivity contribution in [3.63, 3.8) is 0 Å². The van der Waals surface area contributed by atoms with Gasteiger partial charge in [-0.1, -0.05) is 18.2 Å². The lowest BCUT2D eigenvalue weighted by molar-refractivity contribution is -0.139. The molecule has 2 rings (SSSR count). The summed E-state index contributed by atoms with van der Waals surface area (Å²) in [6, 6.07) is 7.28. The van der Waals surface area contributed by atoms with Crippen LogP contribution in [0.5, 0.6) is 5.75 Å². The molecular weight excluding hydrogens is 286 g/mol. The van der Waals surface area contributed by atoms with E-state index in [1.54, 1.807) is 19.3 Å². The molecule has 0 unspecified atom stereocenters. The predicted molar refractivity (Wildman–Crippen MR) is 80.5 cm³/mol. The molecule has 8 nitrogen and oxygen atoms in total. The van der Waals surface area contributed by atoms with Crippen LogP contribution in [0.15, 0.2) is 30.3 Å². The van der Waals surface area contributed by atoms with Crippen molar-refractivity contribution in [1.82, 2.24) is 15.0 Å². The zero-order valence-electron chi connectivity index (χ0n) is 11.9. The van der Waals surface area contributed by atoms with Gasteiger partial charge in [-0.3, -0.25) is 0 Å². The number of hydrogen-bond donors (Lipinski definition) is 2. The summed E-state index contributed by atoms with van der Waals surface area (Å²) in [5.41, 5.74) is 11.6. The van der Waals surface area contributed by atoms with Crippen LogP contribution in [0.2, 0.25) is 0 Å². The van der Waals surface area contributed by atoms with E-state index in [0.29, 0.717) is 5.75 Å². The monoisotopic (exact) mass is 301 g/mol. The molecule has 0 atom stereocenters. The fraction of sp³-hybridized carbons (Fsp3) is 0.143. The van der Waals surface area contributed by atoms with Gasteiger partial charge in [0.05, 0.1) is 7.11 Å². The molecule has 0 saturated heterocycles. The van der Waals surface area contributed by atoms with Gasteiger partial charge in [-0.25, -0.2) is 4.79 Å². The number of aromatic nitrogens is 3. The van der Waals surface area contributed by atoms with E-state index in [9.17, 15) is 4.79 Å². The molecule has 0 aliphatic rings. The molecule has 1 aromatic heterocycles. The highest BCUT2D eigenvalue weighted by Crippen LogP contribution is 2.18. The van der Waals surface area contributed by atoms with Gasteiger partial charge in [0.2, 0.25) is 11.9 Å². The minimum Gasteiger partial charge on any atom is -0.496 e. The Bertz CT molecular complexity index is 682. The third kappa shape index (κ3) is 4.17. The van der Waals surface area contributed by atoms with Crippen molar-refractivity contribution in [1.29, 1.82) is 0 Å². The maximum absolute atomic E-state index is 11.7. The topological polar surface area (TPSA) is 126 Å². The van der Waals surface area contributed by atoms with Gasteiger partial charge >= 0.3 is 5.97 Å². The summed E-state index contributed by atoms with van der Waals surface area (Å²) in [5.74, 6) is 0.239. The highest BCUT2D eigenvalue weighted by molar-refractivity contribution is 5.87. The van der Waals surface area contributed by atoms with Crippen LogP contribution in [-0.4, -0.2) is 28.0 Å². The van der Waals surface area contributed by atoms with Crippen LogP contribution < -0.4 is 16.2 Å². The third-order valence-corrected chi connectivity index (χ3v) is 2.60. The Kier molecular flexibility index (Phi) is 4.86. The first-order chi connectivity index (χ1) is 10.6. The maximum Gasteiger partial charge on any atom is 0.331 e. The largest absolute Gasteiger partial charge is 0.496 e. The van der Waals surface area contributed by atoms with Crippen LogP contribution in [0.1, 0.15) is 11.4 Å². The second-order valence-corrected chi connectivity index (χ2v) is 4.15. The molecule has 0 aliphatic heterocycles. The minimum atomic E-state index is -0.552. The van der Waals surface area contributed by atoms with Crippen molar-refractivity contribution in [2.45, 2.75) is 6.61 Å². The van der Waals surface area contributed by atoms with Crippen molar-refractivity contribution >= 4 is 23.9 Å². The number of esters is 1. The molecule has 1 aromatic carbocycles. The number of anilines is 2. The van der Waals surface area contributed by atoms with Gasteiger partial charge < -0.3 is 20.9 Å². The molecule has 8 heteroatoms. The van der Waals surface area contributed by atoms with E-state index in [1.165, 1.54) is 6.08 Å². The molecule has 0 aliphatic carbocycles. The highest BCUT2D eigenvalue weighted by Gasteiger charge is 2.05. The molecule has 22 heavy (non-hydrogen) atoms. The summed E-state index contributed by atoms with van der Waals surface area (Å²) in [6.07, 6.45) is 2.88. The number of para-hydroxylation sites is 1. The lowest BCUT2D eigenvalue weighted by atomic mass is 10.2. The second-order valence-electron chi connectivity index (χ2n) is 4.15. The van der Waals surface area contributed by atoms with Crippen LogP contribution in [0.25, 0.3) is 6.08 Å². The highest BCUT2D eigenvalue weighted by atomic mass is 16.5. The summed E-state index contributed by atoms with van der Waals surface area (Å²) in [7, 11) is 1.56. The Labute approximate surface area is 126 Å². The Hall–Kier alpha value is -3.16. The Morgan fingerprint density at radius 3 is 2.55 bits per heavy atom. The number of carbonyl (C=O) groups is 1. The van der Waals surface area contributed by atoms with E-state index in [4.69, 9.17) is 20.9 Å². The maximum atomic E-state index is 11.7. The molecule has 114 valence electrons. The van der Waals surface area contributed by atoms with E-state index < -0.39 is 5.97 Å². The molecule has 0 bridgehead atoms. The van der Waals surface area contributed by atoms with Crippen molar-refractivity contribution < 1.29 is 14.3 Å². The molecule has 0 radical (unpaired) electrons. The normalized spacial score (nSPS) is 10.6. The summed E-state index contributed by atoms with van der Waals surface area (Å²) in [5, 5.41) is 0. The van der Waals surface area contributed by atoms with Gasteiger partial charge in [-0.05, 0) is 12.1 Å². The average molecular weight is 301 g/mol. The molecule has 0 saturated carbocycles. The number of benzene rings is 1. The molecule has 4 N–H and O–H groups in total. The van der Waals surface area contributed by atoms with Crippen LogP contribution in [-0.2, 0) is 16.1 Å². The average Bonchev–Trinajstić information content (AvgIpc) is 2.50. The van der Waals surface area contributed by atoms with E-state index in [-0.39, 0.29) is 24.3 Å². The van der Waals surface area contributed by atoms with Crippen LogP contribution in [0.3, 0.4) is 0 Å². The number of hydrogen-bond acceptors (Lipinski definition) is 8. The van der Waals surface area contributed by atoms with E-state index in [0.717, 1.165) is 5.56 Å². The molecule has 2 aromatic rings. The first-order valence-electron chi connectivity index (χ1n) is 6.32. The second kappa shape index (κ2) is 7.02. The van der Waals surface area contributed by atoms with E-state index in [2.05, 4.69) is 15.0 Å². The fourth-order valence-electron chi connectivity index (χ4n) is 1.67. The SMILES string of the molecule is COc1ccccc1/C=C/C(=O)OCc1nc(N)nc(N)n1. The Balaban J connectivity index is 1.96. The van der Waals surface area contributed by atoms with E-state index >= 15 is 0 Å². The van der Waals surface area contributed by atoms with Crippen molar-refractivity contribution in [2.75, 3.05) is 18.6 Å². The molecule has 0 fully saturated rings. The quantitative estimate of drug-likeness (QED) is 0.613. The Morgan fingerprint density at radius 1 is 1.18 bits per heavy atom. The molecule has 0 amide bonds. The zero-order valence-corrected chi connectivity index (χ0v) is 11.9. The predicted octanol–water partition coefficient (Wildman–Crippen LogP) is 0.801. The molecule has 1 heterocycles. The smallest absolute Gasteiger partial charge is 0.331 e. The number of ether oxygens (including phenoxy) is 2. The van der Waals surface area contributed by atoms with Crippen LogP contribution in [0.4, 0.5) is 11.9 Å². The van der Waals surface area contributed by atoms with E-state index in [1.807, 2.05) is 18.2 Å². The summed E-state index contributed by atoms with van der Waals surface area (Å²) >= 11 is 0. The van der Waals surface area contributed by atoms with Gasteiger partial charge in [-0.2, -0.15) is 15.0 Å². The zero-order chi connectivity index (χ0) is 15.9.